The number of hydrogen-bond acceptors (Lipinski definition) is 4. The molecular weight excluding hydrogens is 281 g/mol. The van der Waals surface area contributed by atoms with Gasteiger partial charge in [0.25, 0.3) is 0 Å². The maximum absolute atomic E-state index is 13.5. The molecular formula is C14H15ClFN3O. The second-order valence-electron chi connectivity index (χ2n) is 4.24. The molecule has 0 saturated carbocycles. The maximum Gasteiger partial charge on any atom is 0.216 e. The molecule has 0 spiro atoms. The van der Waals surface area contributed by atoms with Gasteiger partial charge in [0.2, 0.25) is 5.88 Å². The van der Waals surface area contributed by atoms with Gasteiger partial charge in [-0.3, -0.25) is 0 Å². The van der Waals surface area contributed by atoms with Gasteiger partial charge in [-0.25, -0.2) is 14.4 Å². The van der Waals surface area contributed by atoms with Crippen molar-refractivity contribution in [3.63, 3.8) is 0 Å². The van der Waals surface area contributed by atoms with Gasteiger partial charge in [-0.2, -0.15) is 0 Å². The Morgan fingerprint density at radius 2 is 2.20 bits per heavy atom. The topological polar surface area (TPSA) is 47.0 Å². The quantitative estimate of drug-likeness (QED) is 0.921. The van der Waals surface area contributed by atoms with Crippen molar-refractivity contribution in [2.45, 2.75) is 12.5 Å². The summed E-state index contributed by atoms with van der Waals surface area (Å²) < 4.78 is 18.5. The summed E-state index contributed by atoms with van der Waals surface area (Å²) in [4.78, 5) is 8.18. The largest absolute Gasteiger partial charge is 0.481 e. The summed E-state index contributed by atoms with van der Waals surface area (Å²) in [7, 11) is 3.36. The minimum absolute atomic E-state index is 0.105. The van der Waals surface area contributed by atoms with Gasteiger partial charge < -0.3 is 10.1 Å². The van der Waals surface area contributed by atoms with Crippen LogP contribution < -0.4 is 10.1 Å². The van der Waals surface area contributed by atoms with E-state index in [4.69, 9.17) is 16.3 Å². The van der Waals surface area contributed by atoms with Gasteiger partial charge in [0.15, 0.2) is 0 Å². The van der Waals surface area contributed by atoms with Gasteiger partial charge >= 0.3 is 0 Å². The zero-order valence-electron chi connectivity index (χ0n) is 11.2. The van der Waals surface area contributed by atoms with Crippen molar-refractivity contribution in [1.29, 1.82) is 0 Å². The summed E-state index contributed by atoms with van der Waals surface area (Å²) in [5, 5.41) is 3.28. The first-order valence-corrected chi connectivity index (χ1v) is 6.49. The van der Waals surface area contributed by atoms with Crippen molar-refractivity contribution in [1.82, 2.24) is 15.3 Å². The van der Waals surface area contributed by atoms with Gasteiger partial charge in [0.05, 0.1) is 23.9 Å². The predicted molar refractivity (Wildman–Crippen MR) is 75.5 cm³/mol. The highest BCUT2D eigenvalue weighted by Crippen LogP contribution is 2.25. The second kappa shape index (κ2) is 6.63. The molecule has 106 valence electrons. The number of likely N-dealkylation sites (N-methyl/N-ethyl adjacent to an activating group) is 1. The number of aromatic nitrogens is 2. The molecule has 20 heavy (non-hydrogen) atoms. The van der Waals surface area contributed by atoms with E-state index < -0.39 is 5.82 Å². The Balaban J connectivity index is 2.26. The normalized spacial score (nSPS) is 12.2. The van der Waals surface area contributed by atoms with Crippen molar-refractivity contribution in [3.05, 3.63) is 52.7 Å². The van der Waals surface area contributed by atoms with Gasteiger partial charge in [-0.1, -0.05) is 23.7 Å². The van der Waals surface area contributed by atoms with E-state index in [2.05, 4.69) is 15.3 Å². The zero-order valence-corrected chi connectivity index (χ0v) is 12.0. The van der Waals surface area contributed by atoms with Crippen LogP contribution in [0.1, 0.15) is 17.3 Å². The number of nitrogens with zero attached hydrogens (tertiary/aromatic N) is 2. The lowest BCUT2D eigenvalue weighted by Gasteiger charge is -2.17. The van der Waals surface area contributed by atoms with Crippen LogP contribution in [0.3, 0.4) is 0 Å². The molecule has 1 heterocycles. The molecule has 0 bridgehead atoms. The van der Waals surface area contributed by atoms with Crippen LogP contribution in [0.5, 0.6) is 5.88 Å². The molecule has 2 rings (SSSR count). The average Bonchev–Trinajstić information content (AvgIpc) is 2.49. The van der Waals surface area contributed by atoms with Crippen LogP contribution in [0, 0.1) is 5.82 Å². The van der Waals surface area contributed by atoms with E-state index in [0.29, 0.717) is 12.3 Å². The number of ether oxygens (including phenoxy) is 1. The minimum Gasteiger partial charge on any atom is -0.481 e. The molecule has 1 N–H and O–H groups in total. The van der Waals surface area contributed by atoms with Crippen LogP contribution in [0.2, 0.25) is 5.02 Å². The summed E-state index contributed by atoms with van der Waals surface area (Å²) in [5.41, 5.74) is 1.49. The lowest BCUT2D eigenvalue weighted by molar-refractivity contribution is 0.394. The molecule has 0 aliphatic carbocycles. The lowest BCUT2D eigenvalue weighted by atomic mass is 10.0. The van der Waals surface area contributed by atoms with Crippen LogP contribution in [0.25, 0.3) is 0 Å². The molecule has 1 aromatic heterocycles. The smallest absolute Gasteiger partial charge is 0.216 e. The third kappa shape index (κ3) is 3.23. The maximum atomic E-state index is 13.5. The van der Waals surface area contributed by atoms with E-state index in [1.807, 2.05) is 7.05 Å². The molecule has 0 amide bonds. The summed E-state index contributed by atoms with van der Waals surface area (Å²) in [6.07, 6.45) is 1.96. The third-order valence-corrected chi connectivity index (χ3v) is 3.46. The molecule has 1 unspecified atom stereocenters. The van der Waals surface area contributed by atoms with Crippen molar-refractivity contribution in [2.24, 2.45) is 0 Å². The molecule has 4 nitrogen and oxygen atoms in total. The lowest BCUT2D eigenvalue weighted by Crippen LogP contribution is -2.20. The number of nitrogens with one attached hydrogen (secondary N) is 1. The Kier molecular flexibility index (Phi) is 4.87. The SMILES string of the molecule is CNC(Cc1cccc(F)c1Cl)c1cc(OC)ncn1. The van der Waals surface area contributed by atoms with E-state index in [0.717, 1.165) is 11.3 Å². The summed E-state index contributed by atoms with van der Waals surface area (Å²) in [6, 6.07) is 6.42. The van der Waals surface area contributed by atoms with Crippen LogP contribution in [0.4, 0.5) is 4.39 Å². The first-order chi connectivity index (χ1) is 9.65. The first-order valence-electron chi connectivity index (χ1n) is 6.11. The molecule has 1 aromatic carbocycles. The van der Waals surface area contributed by atoms with Crippen molar-refractivity contribution >= 4 is 11.6 Å². The van der Waals surface area contributed by atoms with Crippen LogP contribution >= 0.6 is 11.6 Å². The standard InChI is InChI=1S/C14H15ClFN3O/c1-17-11(12-7-13(20-2)19-8-18-12)6-9-4-3-5-10(16)14(9)15/h3-5,7-8,11,17H,6H2,1-2H3. The van der Waals surface area contributed by atoms with Gasteiger partial charge in [-0.05, 0) is 25.1 Å². The van der Waals surface area contributed by atoms with Crippen LogP contribution in [-0.4, -0.2) is 24.1 Å². The molecule has 2 aromatic rings. The van der Waals surface area contributed by atoms with Gasteiger partial charge in [0, 0.05) is 6.07 Å². The van der Waals surface area contributed by atoms with E-state index >= 15 is 0 Å². The third-order valence-electron chi connectivity index (χ3n) is 3.03. The Morgan fingerprint density at radius 3 is 2.90 bits per heavy atom. The average molecular weight is 296 g/mol. The Hall–Kier alpha value is -1.72. The van der Waals surface area contributed by atoms with E-state index in [9.17, 15) is 4.39 Å². The van der Waals surface area contributed by atoms with Crippen molar-refractivity contribution in [2.75, 3.05) is 14.2 Å². The highest BCUT2D eigenvalue weighted by atomic mass is 35.5. The van der Waals surface area contributed by atoms with E-state index in [-0.39, 0.29) is 11.1 Å². The summed E-state index contributed by atoms with van der Waals surface area (Å²) in [5.74, 6) is 0.0693. The fourth-order valence-electron chi connectivity index (χ4n) is 1.94. The number of hydrogen-bond donors (Lipinski definition) is 1. The van der Waals surface area contributed by atoms with Crippen LogP contribution in [-0.2, 0) is 6.42 Å². The Labute approximate surface area is 122 Å². The van der Waals surface area contributed by atoms with Crippen molar-refractivity contribution < 1.29 is 9.13 Å². The fourth-order valence-corrected chi connectivity index (χ4v) is 2.14. The zero-order chi connectivity index (χ0) is 14.5. The van der Waals surface area contributed by atoms with Gasteiger partial charge in [0.1, 0.15) is 12.1 Å². The van der Waals surface area contributed by atoms with Gasteiger partial charge in [-0.15, -0.1) is 0 Å². The molecule has 0 radical (unpaired) electrons. The molecule has 1 atom stereocenters. The highest BCUT2D eigenvalue weighted by molar-refractivity contribution is 6.31. The fraction of sp³-hybridized carbons (Fsp3) is 0.286. The minimum atomic E-state index is -0.417. The Morgan fingerprint density at radius 1 is 1.40 bits per heavy atom. The number of benzene rings is 1. The first kappa shape index (κ1) is 14.7. The Bertz CT molecular complexity index is 594. The van der Waals surface area contributed by atoms with Crippen LogP contribution in [0.15, 0.2) is 30.6 Å². The summed E-state index contributed by atoms with van der Waals surface area (Å²) >= 11 is 5.98. The monoisotopic (exact) mass is 295 g/mol. The molecule has 0 aliphatic rings. The van der Waals surface area contributed by atoms with E-state index in [1.165, 1.54) is 12.4 Å². The number of halogens is 2. The summed E-state index contributed by atoms with van der Waals surface area (Å²) in [6.45, 7) is 0. The highest BCUT2D eigenvalue weighted by Gasteiger charge is 2.16. The number of methoxy groups -OCH3 is 1. The molecule has 0 saturated heterocycles. The molecule has 0 aliphatic heterocycles. The van der Waals surface area contributed by atoms with E-state index in [1.54, 1.807) is 25.3 Å². The number of rotatable bonds is 5. The molecule has 0 fully saturated rings. The predicted octanol–water partition coefficient (Wildman–Crippen LogP) is 2.78. The second-order valence-corrected chi connectivity index (χ2v) is 4.62. The van der Waals surface area contributed by atoms with Crippen molar-refractivity contribution in [3.8, 4) is 5.88 Å². The molecule has 6 heteroatoms.